The Balaban J connectivity index is 2.07. The Kier molecular flexibility index (Phi) is 3.23. The number of carbonyl (C=O) groups is 1. The van der Waals surface area contributed by atoms with E-state index in [1.54, 1.807) is 47.4 Å². The molecule has 0 spiro atoms. The number of hydrogen-bond donors (Lipinski definition) is 1. The molecule has 5 nitrogen and oxygen atoms in total. The van der Waals surface area contributed by atoms with E-state index in [1.807, 2.05) is 19.2 Å². The van der Waals surface area contributed by atoms with Gasteiger partial charge in [0.05, 0.1) is 5.52 Å². The van der Waals surface area contributed by atoms with Crippen molar-refractivity contribution in [2.24, 2.45) is 7.05 Å². The predicted molar refractivity (Wildman–Crippen MR) is 81.4 cm³/mol. The van der Waals surface area contributed by atoms with Gasteiger partial charge in [-0.2, -0.15) is 0 Å². The Morgan fingerprint density at radius 1 is 1.14 bits per heavy atom. The van der Waals surface area contributed by atoms with Crippen LogP contribution in [0.2, 0.25) is 0 Å². The normalized spacial score (nSPS) is 10.5. The van der Waals surface area contributed by atoms with Crippen LogP contribution in [0.1, 0.15) is 10.4 Å². The third kappa shape index (κ3) is 2.41. The molecule has 3 aromatic rings. The largest absolute Gasteiger partial charge is 0.350 e. The molecule has 104 valence electrons. The van der Waals surface area contributed by atoms with Gasteiger partial charge in [0.25, 0.3) is 5.91 Å². The average Bonchev–Trinajstić information content (AvgIpc) is 2.52. The van der Waals surface area contributed by atoms with Crippen LogP contribution in [0.15, 0.2) is 59.8 Å². The minimum atomic E-state index is -0.424. The molecule has 0 saturated carbocycles. The van der Waals surface area contributed by atoms with Gasteiger partial charge in [-0.25, -0.2) is 0 Å². The molecular weight excluding hydrogens is 266 g/mol. The molecule has 1 N–H and O–H groups in total. The number of nitrogens with zero attached hydrogens (tertiary/aromatic N) is 2. The first-order valence-electron chi connectivity index (χ1n) is 6.46. The fourth-order valence-electron chi connectivity index (χ4n) is 2.24. The summed E-state index contributed by atoms with van der Waals surface area (Å²) < 4.78 is 1.78. The number of hydrogen-bond acceptors (Lipinski definition) is 3. The van der Waals surface area contributed by atoms with Crippen molar-refractivity contribution in [2.75, 3.05) is 5.32 Å². The summed E-state index contributed by atoms with van der Waals surface area (Å²) in [6.07, 6.45) is 4.71. The van der Waals surface area contributed by atoms with E-state index < -0.39 is 5.91 Å². The van der Waals surface area contributed by atoms with E-state index in [0.717, 1.165) is 5.52 Å². The van der Waals surface area contributed by atoms with Crippen molar-refractivity contribution >= 4 is 22.5 Å². The van der Waals surface area contributed by atoms with Gasteiger partial charge in [0, 0.05) is 36.7 Å². The Hall–Kier alpha value is -2.95. The molecule has 3 rings (SSSR count). The molecule has 5 heteroatoms. The monoisotopic (exact) mass is 279 g/mol. The molecule has 0 saturated heterocycles. The first kappa shape index (κ1) is 13.1. The summed E-state index contributed by atoms with van der Waals surface area (Å²) in [5.74, 6) is -0.424. The van der Waals surface area contributed by atoms with Crippen molar-refractivity contribution in [2.45, 2.75) is 0 Å². The van der Waals surface area contributed by atoms with Crippen molar-refractivity contribution in [3.63, 3.8) is 0 Å². The number of aromatic nitrogens is 2. The molecule has 0 aliphatic heterocycles. The maximum absolute atomic E-state index is 12.4. The number of carbonyl (C=O) groups excluding carboxylic acids is 1. The highest BCUT2D eigenvalue weighted by Gasteiger charge is 2.14. The molecule has 0 fully saturated rings. The van der Waals surface area contributed by atoms with Crippen molar-refractivity contribution in [1.29, 1.82) is 0 Å². The van der Waals surface area contributed by atoms with Crippen LogP contribution in [-0.4, -0.2) is 15.5 Å². The van der Waals surface area contributed by atoms with Gasteiger partial charge in [-0.1, -0.05) is 12.1 Å². The van der Waals surface area contributed by atoms with E-state index in [0.29, 0.717) is 11.1 Å². The number of fused-ring (bicyclic) bond motifs is 1. The van der Waals surface area contributed by atoms with Crippen LogP contribution in [0.5, 0.6) is 0 Å². The van der Waals surface area contributed by atoms with Crippen LogP contribution in [0.4, 0.5) is 5.69 Å². The number of para-hydroxylation sites is 1. The van der Waals surface area contributed by atoms with Crippen molar-refractivity contribution in [3.8, 4) is 0 Å². The number of benzene rings is 1. The van der Waals surface area contributed by atoms with E-state index in [4.69, 9.17) is 0 Å². The van der Waals surface area contributed by atoms with Crippen LogP contribution in [0, 0.1) is 0 Å². The van der Waals surface area contributed by atoms with Crippen LogP contribution < -0.4 is 10.7 Å². The highest BCUT2D eigenvalue weighted by atomic mass is 16.2. The van der Waals surface area contributed by atoms with Crippen molar-refractivity contribution in [3.05, 3.63) is 70.8 Å². The number of pyridine rings is 2. The lowest BCUT2D eigenvalue weighted by Crippen LogP contribution is -2.23. The van der Waals surface area contributed by atoms with E-state index >= 15 is 0 Å². The summed E-state index contributed by atoms with van der Waals surface area (Å²) in [5.41, 5.74) is 1.25. The second-order valence-electron chi connectivity index (χ2n) is 4.69. The molecule has 0 atom stereocenters. The summed E-state index contributed by atoms with van der Waals surface area (Å²) in [5, 5.41) is 3.23. The van der Waals surface area contributed by atoms with Gasteiger partial charge >= 0.3 is 0 Å². The highest BCUT2D eigenvalue weighted by molar-refractivity contribution is 6.05. The number of nitrogens with one attached hydrogen (secondary N) is 1. The Morgan fingerprint density at radius 3 is 2.62 bits per heavy atom. The lowest BCUT2D eigenvalue weighted by Gasteiger charge is -2.09. The van der Waals surface area contributed by atoms with E-state index in [9.17, 15) is 9.59 Å². The smallest absolute Gasteiger partial charge is 0.261 e. The van der Waals surface area contributed by atoms with Gasteiger partial charge in [-0.15, -0.1) is 0 Å². The van der Waals surface area contributed by atoms with Gasteiger partial charge in [0.2, 0.25) is 5.43 Å². The summed E-state index contributed by atoms with van der Waals surface area (Å²) in [7, 11) is 1.81. The molecule has 1 aromatic carbocycles. The van der Waals surface area contributed by atoms with Gasteiger partial charge in [0.15, 0.2) is 0 Å². The molecule has 0 bridgehead atoms. The Bertz CT molecular complexity index is 870. The van der Waals surface area contributed by atoms with Gasteiger partial charge < -0.3 is 9.88 Å². The van der Waals surface area contributed by atoms with E-state index in [1.165, 1.54) is 0 Å². The standard InChI is InChI=1S/C16H13N3O2/c1-19-10-13(15(20)12-4-2-3-5-14(12)19)16(21)18-11-6-8-17-9-7-11/h2-10H,1H3,(H,17,18,21). The third-order valence-corrected chi connectivity index (χ3v) is 3.28. The third-order valence-electron chi connectivity index (χ3n) is 3.28. The summed E-state index contributed by atoms with van der Waals surface area (Å²) in [6.45, 7) is 0. The summed E-state index contributed by atoms with van der Waals surface area (Å²) in [6, 6.07) is 10.6. The lowest BCUT2D eigenvalue weighted by atomic mass is 10.1. The molecule has 0 radical (unpaired) electrons. The molecule has 2 aromatic heterocycles. The zero-order valence-electron chi connectivity index (χ0n) is 11.4. The number of aryl methyl sites for hydroxylation is 1. The quantitative estimate of drug-likeness (QED) is 0.782. The average molecular weight is 279 g/mol. The van der Waals surface area contributed by atoms with Gasteiger partial charge in [-0.05, 0) is 24.3 Å². The summed E-state index contributed by atoms with van der Waals surface area (Å²) >= 11 is 0. The number of anilines is 1. The van der Waals surface area contributed by atoms with Crippen LogP contribution in [0.25, 0.3) is 10.9 Å². The van der Waals surface area contributed by atoms with Gasteiger partial charge in [-0.3, -0.25) is 14.6 Å². The molecule has 0 unspecified atom stereocenters. The predicted octanol–water partition coefficient (Wildman–Crippen LogP) is 2.19. The van der Waals surface area contributed by atoms with Crippen LogP contribution in [-0.2, 0) is 7.05 Å². The van der Waals surface area contributed by atoms with Crippen LogP contribution in [0.3, 0.4) is 0 Å². The van der Waals surface area contributed by atoms with Crippen LogP contribution >= 0.6 is 0 Å². The second-order valence-corrected chi connectivity index (χ2v) is 4.69. The number of rotatable bonds is 2. The Morgan fingerprint density at radius 2 is 1.86 bits per heavy atom. The van der Waals surface area contributed by atoms with E-state index in [-0.39, 0.29) is 11.0 Å². The molecule has 21 heavy (non-hydrogen) atoms. The number of amides is 1. The molecule has 1 amide bonds. The zero-order valence-corrected chi connectivity index (χ0v) is 11.4. The highest BCUT2D eigenvalue weighted by Crippen LogP contribution is 2.11. The summed E-state index contributed by atoms with van der Waals surface area (Å²) in [4.78, 5) is 28.6. The minimum Gasteiger partial charge on any atom is -0.350 e. The van der Waals surface area contributed by atoms with Gasteiger partial charge in [0.1, 0.15) is 5.56 Å². The van der Waals surface area contributed by atoms with E-state index in [2.05, 4.69) is 10.3 Å². The topological polar surface area (TPSA) is 64.0 Å². The fraction of sp³-hybridized carbons (Fsp3) is 0.0625. The molecule has 0 aliphatic rings. The maximum Gasteiger partial charge on any atom is 0.261 e. The molecule has 2 heterocycles. The minimum absolute atomic E-state index is 0.119. The molecule has 0 aliphatic carbocycles. The fourth-order valence-corrected chi connectivity index (χ4v) is 2.24. The van der Waals surface area contributed by atoms with Crippen molar-refractivity contribution < 1.29 is 4.79 Å². The SMILES string of the molecule is Cn1cc(C(=O)Nc2ccncc2)c(=O)c2ccccc21. The Labute approximate surface area is 120 Å². The first-order chi connectivity index (χ1) is 10.2. The zero-order chi connectivity index (χ0) is 14.8. The second kappa shape index (κ2) is 5.20. The maximum atomic E-state index is 12.4. The van der Waals surface area contributed by atoms with Crippen molar-refractivity contribution in [1.82, 2.24) is 9.55 Å². The molecular formula is C16H13N3O2. The first-order valence-corrected chi connectivity index (χ1v) is 6.46. The lowest BCUT2D eigenvalue weighted by molar-refractivity contribution is 0.102.